The molecule has 24 heavy (non-hydrogen) atoms. The highest BCUT2D eigenvalue weighted by atomic mass is 16.8. The molecule has 1 saturated carbocycles. The van der Waals surface area contributed by atoms with E-state index < -0.39 is 35.9 Å². The van der Waals surface area contributed by atoms with Crippen LogP contribution >= 0.6 is 0 Å². The summed E-state index contributed by atoms with van der Waals surface area (Å²) in [5.74, 6) is -3.14. The molecule has 0 N–H and O–H groups in total. The van der Waals surface area contributed by atoms with Crippen molar-refractivity contribution in [3.05, 3.63) is 0 Å². The van der Waals surface area contributed by atoms with Gasteiger partial charge in [-0.3, -0.25) is 4.79 Å². The lowest BCUT2D eigenvalue weighted by atomic mass is 9.90. The van der Waals surface area contributed by atoms with Gasteiger partial charge >= 0.3 is 11.9 Å². The van der Waals surface area contributed by atoms with Crippen LogP contribution in [0.5, 0.6) is 0 Å². The number of esters is 2. The maximum absolute atomic E-state index is 12.4. The number of carbonyl (C=O) groups excluding carboxylic acids is 3. The molecular weight excluding hydrogens is 316 g/mol. The van der Waals surface area contributed by atoms with Gasteiger partial charge in [-0.2, -0.15) is 0 Å². The van der Waals surface area contributed by atoms with Gasteiger partial charge in [0.25, 0.3) is 0 Å². The first-order chi connectivity index (χ1) is 11.4. The maximum atomic E-state index is 12.4. The highest BCUT2D eigenvalue weighted by Gasteiger charge is 2.57. The first kappa shape index (κ1) is 18.9. The first-order valence-electron chi connectivity index (χ1n) is 8.64. The van der Waals surface area contributed by atoms with Crippen LogP contribution in [0.2, 0.25) is 0 Å². The fourth-order valence-corrected chi connectivity index (χ4v) is 3.33. The van der Waals surface area contributed by atoms with Crippen molar-refractivity contribution < 1.29 is 33.3 Å². The van der Waals surface area contributed by atoms with Gasteiger partial charge in [0.2, 0.25) is 0 Å². The van der Waals surface area contributed by atoms with Gasteiger partial charge in [-0.05, 0) is 33.6 Å². The van der Waals surface area contributed by atoms with E-state index in [9.17, 15) is 14.4 Å². The lowest BCUT2D eigenvalue weighted by Gasteiger charge is -2.30. The highest BCUT2D eigenvalue weighted by molar-refractivity contribution is 5.87. The number of hydrogen-bond acceptors (Lipinski definition) is 7. The molecule has 1 aliphatic heterocycles. The first-order valence-corrected chi connectivity index (χ1v) is 8.64. The van der Waals surface area contributed by atoms with Crippen molar-refractivity contribution in [1.82, 2.24) is 0 Å². The molecule has 0 aromatic heterocycles. The van der Waals surface area contributed by atoms with Crippen LogP contribution in [0.3, 0.4) is 0 Å². The molecule has 0 spiro atoms. The smallest absolute Gasteiger partial charge is 0.338 e. The van der Waals surface area contributed by atoms with Crippen molar-refractivity contribution >= 4 is 17.7 Å². The molecule has 136 valence electrons. The largest absolute Gasteiger partial charge is 0.464 e. The number of carbonyl (C=O) groups is 3. The molecule has 0 aromatic carbocycles. The lowest BCUT2D eigenvalue weighted by Crippen LogP contribution is -2.41. The summed E-state index contributed by atoms with van der Waals surface area (Å²) < 4.78 is 21.5. The molecule has 1 aliphatic carbocycles. The van der Waals surface area contributed by atoms with Gasteiger partial charge < -0.3 is 18.9 Å². The van der Waals surface area contributed by atoms with E-state index in [1.54, 1.807) is 20.8 Å². The lowest BCUT2D eigenvalue weighted by molar-refractivity contribution is -0.207. The fourth-order valence-electron chi connectivity index (χ4n) is 3.33. The van der Waals surface area contributed by atoms with Crippen molar-refractivity contribution in [2.45, 2.75) is 70.9 Å². The van der Waals surface area contributed by atoms with Crippen LogP contribution in [-0.2, 0) is 33.3 Å². The van der Waals surface area contributed by atoms with E-state index in [-0.39, 0.29) is 19.0 Å². The van der Waals surface area contributed by atoms with Gasteiger partial charge in [-0.25, -0.2) is 9.59 Å². The van der Waals surface area contributed by atoms with Crippen LogP contribution in [0.15, 0.2) is 0 Å². The zero-order valence-electron chi connectivity index (χ0n) is 14.5. The second kappa shape index (κ2) is 8.07. The van der Waals surface area contributed by atoms with Crippen molar-refractivity contribution in [2.24, 2.45) is 5.92 Å². The van der Waals surface area contributed by atoms with Gasteiger partial charge in [0.15, 0.2) is 18.0 Å². The summed E-state index contributed by atoms with van der Waals surface area (Å²) in [6.45, 7) is 5.27. The monoisotopic (exact) mass is 342 g/mol. The van der Waals surface area contributed by atoms with Gasteiger partial charge in [0.1, 0.15) is 5.78 Å². The van der Waals surface area contributed by atoms with Crippen LogP contribution in [0.25, 0.3) is 0 Å². The molecule has 1 heterocycles. The van der Waals surface area contributed by atoms with E-state index in [4.69, 9.17) is 18.9 Å². The number of ether oxygens (including phenoxy) is 4. The Bertz CT molecular complexity index is 461. The quantitative estimate of drug-likeness (QED) is 0.555. The molecule has 2 aliphatic rings. The van der Waals surface area contributed by atoms with Crippen molar-refractivity contribution in [3.63, 3.8) is 0 Å². The maximum Gasteiger partial charge on any atom is 0.338 e. The minimum atomic E-state index is -1.32. The van der Waals surface area contributed by atoms with Crippen molar-refractivity contribution in [3.8, 4) is 0 Å². The van der Waals surface area contributed by atoms with Gasteiger partial charge in [-0.15, -0.1) is 0 Å². The van der Waals surface area contributed by atoms with Gasteiger partial charge in [0.05, 0.1) is 19.1 Å². The number of ketones is 1. The second-order valence-electron chi connectivity index (χ2n) is 6.22. The van der Waals surface area contributed by atoms with Crippen LogP contribution in [0.4, 0.5) is 0 Å². The SMILES string of the molecule is CCOC(=O)[C@@H]1OC(C)([C@H]2CCCCCC2=O)O[C@H]1C(=O)OCC. The molecule has 0 radical (unpaired) electrons. The predicted octanol–water partition coefficient (Wildman–Crippen LogP) is 1.76. The Morgan fingerprint density at radius 2 is 1.58 bits per heavy atom. The zero-order valence-corrected chi connectivity index (χ0v) is 14.5. The summed E-state index contributed by atoms with van der Waals surface area (Å²) >= 11 is 0. The average molecular weight is 342 g/mol. The Labute approximate surface area is 142 Å². The number of rotatable bonds is 5. The molecule has 3 atom stereocenters. The third kappa shape index (κ3) is 3.95. The summed E-state index contributed by atoms with van der Waals surface area (Å²) in [6, 6.07) is 0. The van der Waals surface area contributed by atoms with E-state index in [1.807, 2.05) is 0 Å². The standard InChI is InChI=1S/C17H26O7/c1-4-21-15(19)13-14(16(20)22-5-2)24-17(3,23-13)11-9-7-6-8-10-12(11)18/h11,13-14H,4-10H2,1-3H3/t11-,13+,14+/m0/s1. The minimum absolute atomic E-state index is 0.0436. The Hall–Kier alpha value is -1.47. The Morgan fingerprint density at radius 1 is 1.04 bits per heavy atom. The Kier molecular flexibility index (Phi) is 6.34. The van der Waals surface area contributed by atoms with E-state index in [0.29, 0.717) is 12.8 Å². The van der Waals surface area contributed by atoms with E-state index in [1.165, 1.54) is 0 Å². The molecule has 2 fully saturated rings. The molecule has 1 saturated heterocycles. The number of Topliss-reactive ketones (excluding diaryl/α,β-unsaturated/α-hetero) is 1. The molecule has 0 amide bonds. The highest BCUT2D eigenvalue weighted by Crippen LogP contribution is 2.40. The summed E-state index contributed by atoms with van der Waals surface area (Å²) in [6.07, 6.45) is 1.33. The summed E-state index contributed by atoms with van der Waals surface area (Å²) in [7, 11) is 0. The van der Waals surface area contributed by atoms with Crippen LogP contribution in [0.1, 0.15) is 52.9 Å². The van der Waals surface area contributed by atoms with E-state index in [2.05, 4.69) is 0 Å². The third-order valence-electron chi connectivity index (χ3n) is 4.47. The summed E-state index contributed by atoms with van der Waals surface area (Å²) in [4.78, 5) is 36.7. The van der Waals surface area contributed by atoms with Gasteiger partial charge in [0, 0.05) is 6.42 Å². The Balaban J connectivity index is 2.23. The van der Waals surface area contributed by atoms with Crippen molar-refractivity contribution in [1.29, 1.82) is 0 Å². The minimum Gasteiger partial charge on any atom is -0.464 e. The van der Waals surface area contributed by atoms with E-state index >= 15 is 0 Å². The van der Waals surface area contributed by atoms with Gasteiger partial charge in [-0.1, -0.05) is 12.8 Å². The summed E-state index contributed by atoms with van der Waals surface area (Å²) in [5.41, 5.74) is 0. The molecule has 0 unspecified atom stereocenters. The molecule has 2 rings (SSSR count). The molecule has 0 aromatic rings. The second-order valence-corrected chi connectivity index (χ2v) is 6.22. The Morgan fingerprint density at radius 3 is 2.08 bits per heavy atom. The molecule has 7 heteroatoms. The normalized spacial score (nSPS) is 29.8. The predicted molar refractivity (Wildman–Crippen MR) is 83.0 cm³/mol. The average Bonchev–Trinajstić information content (AvgIpc) is 2.75. The molecule has 0 bridgehead atoms. The molecular formula is C17H26O7. The topological polar surface area (TPSA) is 88.1 Å². The van der Waals surface area contributed by atoms with E-state index in [0.717, 1.165) is 19.3 Å². The zero-order chi connectivity index (χ0) is 17.7. The van der Waals surface area contributed by atoms with Crippen LogP contribution in [0, 0.1) is 5.92 Å². The third-order valence-corrected chi connectivity index (χ3v) is 4.47. The summed E-state index contributed by atoms with van der Waals surface area (Å²) in [5, 5.41) is 0. The number of hydrogen-bond donors (Lipinski definition) is 0. The fraction of sp³-hybridized carbons (Fsp3) is 0.824. The van der Waals surface area contributed by atoms with Crippen LogP contribution < -0.4 is 0 Å². The molecule has 7 nitrogen and oxygen atoms in total. The van der Waals surface area contributed by atoms with Crippen LogP contribution in [-0.4, -0.2) is 48.9 Å². The van der Waals surface area contributed by atoms with Crippen molar-refractivity contribution in [2.75, 3.05) is 13.2 Å².